The first-order chi connectivity index (χ1) is 19.8. The first-order valence-corrected chi connectivity index (χ1v) is 14.9. The zero-order valence-electron chi connectivity index (χ0n) is 23.3. The van der Waals surface area contributed by atoms with Crippen LogP contribution in [0.5, 0.6) is 11.5 Å². The second kappa shape index (κ2) is 13.8. The maximum Gasteiger partial charge on any atom is 0.344 e. The number of rotatable bonds is 11. The number of ether oxygens (including phenoxy) is 4. The maximum atomic E-state index is 13.9. The Morgan fingerprint density at radius 2 is 1.80 bits per heavy atom. The van der Waals surface area contributed by atoms with Crippen molar-refractivity contribution in [3.8, 4) is 11.5 Å². The van der Waals surface area contributed by atoms with Crippen LogP contribution < -0.4 is 24.4 Å². The first-order valence-electron chi connectivity index (χ1n) is 13.2. The number of carbonyl (C=O) groups excluding carboxylic acids is 2. The highest BCUT2D eigenvalue weighted by Crippen LogP contribution is 2.36. The van der Waals surface area contributed by atoms with Crippen LogP contribution in [0.15, 0.2) is 68.0 Å². The third-order valence-electron chi connectivity index (χ3n) is 6.22. The molecular formula is C30H31BrN2O7S. The normalized spacial score (nSPS) is 14.8. The second-order valence-electron chi connectivity index (χ2n) is 8.97. The molecule has 0 amide bonds. The molecule has 0 bridgehead atoms. The van der Waals surface area contributed by atoms with Crippen LogP contribution in [0.2, 0.25) is 0 Å². The quantitative estimate of drug-likeness (QED) is 0.287. The summed E-state index contributed by atoms with van der Waals surface area (Å²) in [6.07, 6.45) is 3.09. The second-order valence-corrected chi connectivity index (χ2v) is 10.8. The summed E-state index contributed by atoms with van der Waals surface area (Å²) in [5.41, 5.74) is 2.18. The highest BCUT2D eigenvalue weighted by molar-refractivity contribution is 9.10. The Balaban J connectivity index is 1.81. The summed E-state index contributed by atoms with van der Waals surface area (Å²) in [4.78, 5) is 44.1. The van der Waals surface area contributed by atoms with E-state index in [1.54, 1.807) is 61.9 Å². The van der Waals surface area contributed by atoms with Crippen molar-refractivity contribution in [1.82, 2.24) is 4.57 Å². The van der Waals surface area contributed by atoms with Crippen LogP contribution in [0, 0.1) is 0 Å². The Bertz CT molecular complexity index is 1640. The van der Waals surface area contributed by atoms with E-state index in [2.05, 4.69) is 15.9 Å². The summed E-state index contributed by atoms with van der Waals surface area (Å²) < 4.78 is 23.9. The number of hydrogen-bond donors (Lipinski definition) is 0. The number of thiazole rings is 1. The van der Waals surface area contributed by atoms with Crippen molar-refractivity contribution in [2.24, 2.45) is 4.99 Å². The van der Waals surface area contributed by atoms with Crippen molar-refractivity contribution in [3.63, 3.8) is 0 Å². The number of halogens is 1. The Kier molecular flexibility index (Phi) is 10.2. The topological polar surface area (TPSA) is 105 Å². The first kappa shape index (κ1) is 30.3. The summed E-state index contributed by atoms with van der Waals surface area (Å²) >= 11 is 4.80. The minimum atomic E-state index is -0.727. The SMILES string of the molecule is CCCC1=C(C(=O)OCC)[C@@H](c2ccc(OC)c(Br)c2)n2c(s/c(=C\c3ccc(OCC(=O)OCC)cc3)c2=O)=N1. The predicted molar refractivity (Wildman–Crippen MR) is 159 cm³/mol. The number of allylic oxidation sites excluding steroid dienone is 1. The maximum absolute atomic E-state index is 13.9. The summed E-state index contributed by atoms with van der Waals surface area (Å²) in [6.45, 7) is 5.80. The van der Waals surface area contributed by atoms with Gasteiger partial charge in [-0.25, -0.2) is 14.6 Å². The average Bonchev–Trinajstić information content (AvgIpc) is 3.26. The third-order valence-corrected chi connectivity index (χ3v) is 7.83. The highest BCUT2D eigenvalue weighted by Gasteiger charge is 2.34. The summed E-state index contributed by atoms with van der Waals surface area (Å²) in [7, 11) is 1.57. The van der Waals surface area contributed by atoms with E-state index >= 15 is 0 Å². The molecule has 9 nitrogen and oxygen atoms in total. The molecule has 0 N–H and O–H groups in total. The van der Waals surface area contributed by atoms with Crippen LogP contribution in [0.25, 0.3) is 6.08 Å². The molecule has 0 saturated carbocycles. The van der Waals surface area contributed by atoms with Gasteiger partial charge in [0.1, 0.15) is 11.5 Å². The van der Waals surface area contributed by atoms with Crippen molar-refractivity contribution in [2.45, 2.75) is 39.7 Å². The van der Waals surface area contributed by atoms with Crippen molar-refractivity contribution in [1.29, 1.82) is 0 Å². The molecule has 2 aromatic carbocycles. The van der Waals surface area contributed by atoms with E-state index in [0.29, 0.717) is 43.0 Å². The molecule has 0 saturated heterocycles. The minimum Gasteiger partial charge on any atom is -0.496 e. The number of fused-ring (bicyclic) bond motifs is 1. The van der Waals surface area contributed by atoms with E-state index in [9.17, 15) is 14.4 Å². The third kappa shape index (κ3) is 6.79. The van der Waals surface area contributed by atoms with Crippen LogP contribution in [0.3, 0.4) is 0 Å². The predicted octanol–water partition coefficient (Wildman–Crippen LogP) is 4.29. The van der Waals surface area contributed by atoms with E-state index in [1.165, 1.54) is 11.3 Å². The molecule has 0 aliphatic carbocycles. The standard InChI is InChI=1S/C30H31BrN2O7S/c1-5-8-22-26(29(36)39-7-3)27(19-11-14-23(37-4)21(31)16-19)33-28(35)24(41-30(33)32-22)15-18-9-12-20(13-10-18)40-17-25(34)38-6-2/h9-16,27H,5-8,17H2,1-4H3/b24-15-/t27-/m1/s1. The fourth-order valence-electron chi connectivity index (χ4n) is 4.45. The highest BCUT2D eigenvalue weighted by atomic mass is 79.9. The van der Waals surface area contributed by atoms with Crippen LogP contribution in [0.1, 0.15) is 50.8 Å². The van der Waals surface area contributed by atoms with Gasteiger partial charge in [0.05, 0.1) is 46.6 Å². The zero-order chi connectivity index (χ0) is 29.5. The number of methoxy groups -OCH3 is 1. The van der Waals surface area contributed by atoms with Crippen LogP contribution in [-0.4, -0.2) is 43.4 Å². The summed E-state index contributed by atoms with van der Waals surface area (Å²) in [5, 5.41) is 0. The molecule has 1 aliphatic rings. The molecule has 2 heterocycles. The van der Waals surface area contributed by atoms with Gasteiger partial charge in [0.25, 0.3) is 5.56 Å². The number of hydrogen-bond acceptors (Lipinski definition) is 9. The van der Waals surface area contributed by atoms with E-state index in [0.717, 1.165) is 17.5 Å². The van der Waals surface area contributed by atoms with Gasteiger partial charge in [0.15, 0.2) is 11.4 Å². The van der Waals surface area contributed by atoms with Gasteiger partial charge in [0, 0.05) is 0 Å². The number of aromatic nitrogens is 1. The fourth-order valence-corrected chi connectivity index (χ4v) is 6.02. The summed E-state index contributed by atoms with van der Waals surface area (Å²) in [5.74, 6) is 0.196. The van der Waals surface area contributed by atoms with Crippen LogP contribution in [0.4, 0.5) is 0 Å². The van der Waals surface area contributed by atoms with Crippen molar-refractivity contribution in [3.05, 3.63) is 89.0 Å². The van der Waals surface area contributed by atoms with Gasteiger partial charge in [-0.15, -0.1) is 0 Å². The minimum absolute atomic E-state index is 0.184. The van der Waals surface area contributed by atoms with Gasteiger partial charge in [-0.1, -0.05) is 42.9 Å². The molecule has 1 aromatic heterocycles. The monoisotopic (exact) mass is 642 g/mol. The molecule has 0 fully saturated rings. The average molecular weight is 644 g/mol. The molecule has 11 heteroatoms. The molecule has 0 spiro atoms. The largest absolute Gasteiger partial charge is 0.496 e. The van der Waals surface area contributed by atoms with E-state index in [4.69, 9.17) is 23.9 Å². The van der Waals surface area contributed by atoms with Gasteiger partial charge < -0.3 is 18.9 Å². The van der Waals surface area contributed by atoms with Gasteiger partial charge >= 0.3 is 11.9 Å². The lowest BCUT2D eigenvalue weighted by molar-refractivity contribution is -0.145. The Morgan fingerprint density at radius 1 is 1.07 bits per heavy atom. The lowest BCUT2D eigenvalue weighted by Gasteiger charge is -2.26. The smallest absolute Gasteiger partial charge is 0.344 e. The van der Waals surface area contributed by atoms with Gasteiger partial charge in [0.2, 0.25) is 0 Å². The number of nitrogens with zero attached hydrogens (tertiary/aromatic N) is 2. The fraction of sp³-hybridized carbons (Fsp3) is 0.333. The molecule has 3 aromatic rings. The number of benzene rings is 2. The Labute approximate surface area is 249 Å². The zero-order valence-corrected chi connectivity index (χ0v) is 25.7. The molecule has 1 atom stereocenters. The molecule has 1 aliphatic heterocycles. The lowest BCUT2D eigenvalue weighted by Crippen LogP contribution is -2.40. The summed E-state index contributed by atoms with van der Waals surface area (Å²) in [6, 6.07) is 11.8. The van der Waals surface area contributed by atoms with Gasteiger partial charge in [-0.3, -0.25) is 9.36 Å². The molecule has 41 heavy (non-hydrogen) atoms. The van der Waals surface area contributed by atoms with Gasteiger partial charge in [-0.05, 0) is 77.7 Å². The molecule has 0 unspecified atom stereocenters. The van der Waals surface area contributed by atoms with E-state index < -0.39 is 18.0 Å². The molecule has 216 valence electrons. The van der Waals surface area contributed by atoms with E-state index in [-0.39, 0.29) is 25.4 Å². The van der Waals surface area contributed by atoms with E-state index in [1.807, 2.05) is 19.1 Å². The Hall–Kier alpha value is -3.70. The Morgan fingerprint density at radius 3 is 2.44 bits per heavy atom. The number of carbonyl (C=O) groups is 2. The number of esters is 2. The van der Waals surface area contributed by atoms with Crippen molar-refractivity contribution < 1.29 is 28.5 Å². The van der Waals surface area contributed by atoms with Gasteiger partial charge in [-0.2, -0.15) is 0 Å². The van der Waals surface area contributed by atoms with Crippen LogP contribution >= 0.6 is 27.3 Å². The molecule has 0 radical (unpaired) electrons. The van der Waals surface area contributed by atoms with Crippen LogP contribution in [-0.2, 0) is 19.1 Å². The van der Waals surface area contributed by atoms with Crippen molar-refractivity contribution >= 4 is 45.3 Å². The molecular weight excluding hydrogens is 612 g/mol. The lowest BCUT2D eigenvalue weighted by atomic mass is 9.94. The molecule has 4 rings (SSSR count). The van der Waals surface area contributed by atoms with Crippen molar-refractivity contribution in [2.75, 3.05) is 26.9 Å².